The number of hydrogen-bond donors (Lipinski definition) is 0. The second-order valence-electron chi connectivity index (χ2n) is 8.13. The van der Waals surface area contributed by atoms with E-state index < -0.39 is 26.8 Å². The normalized spacial score (nSPS) is 29.5. The zero-order valence-corrected chi connectivity index (χ0v) is 24.9. The maximum absolute atomic E-state index is 2.66. The van der Waals surface area contributed by atoms with Crippen LogP contribution in [0.4, 0.5) is 0 Å². The first kappa shape index (κ1) is 25.5. The van der Waals surface area contributed by atoms with E-state index in [9.17, 15) is 0 Å². The summed E-state index contributed by atoms with van der Waals surface area (Å²) in [5, 5.41) is 0. The third-order valence-corrected chi connectivity index (χ3v) is 31.4. The summed E-state index contributed by atoms with van der Waals surface area (Å²) in [6.07, 6.45) is 5.32. The van der Waals surface area contributed by atoms with Gasteiger partial charge in [0.25, 0.3) is 0 Å². The molecular weight excluding hydrogens is 613 g/mol. The first-order chi connectivity index (χ1) is 9.96. The molecule has 0 aromatic rings. The minimum absolute atomic E-state index is 0. The molecule has 135 valence electrons. The molecule has 2 aliphatic rings. The Hall–Kier alpha value is 1.52. The van der Waals surface area contributed by atoms with E-state index in [1.54, 1.807) is 22.3 Å². The Kier molecular flexibility index (Phi) is 9.23. The van der Waals surface area contributed by atoms with E-state index in [0.717, 1.165) is 0 Å². The van der Waals surface area contributed by atoms with Crippen molar-refractivity contribution in [1.29, 1.82) is 0 Å². The van der Waals surface area contributed by atoms with Gasteiger partial charge in [0.05, 0.1) is 0 Å². The van der Waals surface area contributed by atoms with Crippen LogP contribution in [0.25, 0.3) is 0 Å². The predicted octanol–water partition coefficient (Wildman–Crippen LogP) is 0.546. The van der Waals surface area contributed by atoms with E-state index in [4.69, 9.17) is 0 Å². The molecule has 2 atom stereocenters. The second-order valence-corrected chi connectivity index (χ2v) is 29.5. The average Bonchev–Trinajstić information content (AvgIpc) is 2.71. The zero-order valence-electron chi connectivity index (χ0n) is 17.0. The molecular formula is C20H33I2SiZr. The fraction of sp³-hybridized carbons (Fsp3) is 0.600. The summed E-state index contributed by atoms with van der Waals surface area (Å²) in [7, 11) is 0. The molecule has 0 saturated carbocycles. The van der Waals surface area contributed by atoms with Crippen molar-refractivity contribution in [2.24, 2.45) is 0 Å². The van der Waals surface area contributed by atoms with Gasteiger partial charge < -0.3 is 48.0 Å². The molecule has 0 aromatic heterocycles. The molecule has 4 heteroatoms. The minimum atomic E-state index is -1.77. The van der Waals surface area contributed by atoms with Crippen LogP contribution in [0, 0.1) is 0 Å². The molecule has 0 saturated heterocycles. The van der Waals surface area contributed by atoms with Gasteiger partial charge in [-0.2, -0.15) is 0 Å². The van der Waals surface area contributed by atoms with Gasteiger partial charge in [-0.05, 0) is 0 Å². The van der Waals surface area contributed by atoms with Crippen LogP contribution in [0.1, 0.15) is 55.4 Å². The quantitative estimate of drug-likeness (QED) is 0.311. The number of halogens is 2. The molecule has 0 aromatic carbocycles. The van der Waals surface area contributed by atoms with Crippen LogP contribution in [0.5, 0.6) is 0 Å². The Morgan fingerprint density at radius 2 is 1.00 bits per heavy atom. The molecule has 0 spiro atoms. The van der Waals surface area contributed by atoms with E-state index in [0.29, 0.717) is 6.25 Å². The van der Waals surface area contributed by atoms with Gasteiger partial charge in [0.2, 0.25) is 0 Å². The van der Waals surface area contributed by atoms with Crippen molar-refractivity contribution in [3.05, 3.63) is 45.6 Å². The Balaban J connectivity index is 0.00000264. The van der Waals surface area contributed by atoms with Gasteiger partial charge in [-0.1, -0.05) is 0 Å². The number of allylic oxidation sites excluding steroid dienone is 8. The molecule has 2 aliphatic carbocycles. The maximum Gasteiger partial charge on any atom is -1.00 e. The fourth-order valence-corrected chi connectivity index (χ4v) is 36.0. The average molecular weight is 647 g/mol. The largest absolute Gasteiger partial charge is 1.00 e. The minimum Gasteiger partial charge on any atom is -1.00 e. The Labute approximate surface area is 193 Å². The summed E-state index contributed by atoms with van der Waals surface area (Å²) in [4.78, 5) is 0. The zero-order chi connectivity index (χ0) is 17.0. The SMILES string of the molecule is CC1=C[C](C)([Zr+2]([SiH](C)C)[C]2(C)C=C(C)C(C)=C2C)C(C)=C1C.[I-].[I-]. The number of hydrogen-bond acceptors (Lipinski definition) is 0. The molecule has 0 nitrogen and oxygen atoms in total. The van der Waals surface area contributed by atoms with Gasteiger partial charge in [0, 0.05) is 0 Å². The number of rotatable bonds is 3. The summed E-state index contributed by atoms with van der Waals surface area (Å²) in [5.74, 6) is -0.673. The Morgan fingerprint density at radius 1 is 0.708 bits per heavy atom. The third kappa shape index (κ3) is 3.87. The fourth-order valence-electron chi connectivity index (χ4n) is 4.97. The Bertz CT molecular complexity index is 590. The summed E-state index contributed by atoms with van der Waals surface area (Å²) < 4.78 is 0.822. The van der Waals surface area contributed by atoms with E-state index in [-0.39, 0.29) is 48.0 Å². The molecule has 0 amide bonds. The smallest absolute Gasteiger partial charge is 1.00 e. The monoisotopic (exact) mass is 645 g/mol. The van der Waals surface area contributed by atoms with Crippen molar-refractivity contribution in [1.82, 2.24) is 0 Å². The van der Waals surface area contributed by atoms with Gasteiger partial charge >= 0.3 is 147 Å². The molecule has 2 unspecified atom stereocenters. The summed E-state index contributed by atoms with van der Waals surface area (Å²) in [6.45, 7) is 24.6. The van der Waals surface area contributed by atoms with Crippen LogP contribution in [0.2, 0.25) is 19.3 Å². The first-order valence-corrected chi connectivity index (χ1v) is 18.2. The van der Waals surface area contributed by atoms with Gasteiger partial charge in [0.15, 0.2) is 0 Å². The Morgan fingerprint density at radius 3 is 1.17 bits per heavy atom. The van der Waals surface area contributed by atoms with Gasteiger partial charge in [-0.25, -0.2) is 0 Å². The van der Waals surface area contributed by atoms with E-state index in [2.05, 4.69) is 80.6 Å². The van der Waals surface area contributed by atoms with Crippen molar-refractivity contribution in [2.75, 3.05) is 0 Å². The standard InChI is InChI=1S/2C9H13.C2H7Si.2HI.Zr/c2*1-6-5-7(2)9(4)8(6)3;1-3-2;;;/h2*5H,1-4H3;3H,1-2H3;2*1H;/q;;;;;+2/p-2. The molecule has 2 rings (SSSR count). The van der Waals surface area contributed by atoms with Crippen LogP contribution < -0.4 is 48.0 Å². The molecule has 0 heterocycles. The van der Waals surface area contributed by atoms with Crippen molar-refractivity contribution in [2.45, 2.75) is 74.7 Å². The van der Waals surface area contributed by atoms with E-state index in [1.165, 1.54) is 11.1 Å². The third-order valence-electron chi connectivity index (χ3n) is 6.57. The van der Waals surface area contributed by atoms with E-state index >= 15 is 0 Å². The van der Waals surface area contributed by atoms with Gasteiger partial charge in [-0.15, -0.1) is 0 Å². The van der Waals surface area contributed by atoms with E-state index in [1.807, 2.05) is 0 Å². The van der Waals surface area contributed by atoms with Crippen molar-refractivity contribution >= 4 is 5.92 Å². The van der Waals surface area contributed by atoms with Gasteiger partial charge in [-0.3, -0.25) is 0 Å². The summed E-state index contributed by atoms with van der Waals surface area (Å²) in [5.41, 5.74) is 9.57. The van der Waals surface area contributed by atoms with Crippen molar-refractivity contribution in [3.63, 3.8) is 0 Å². The van der Waals surface area contributed by atoms with Gasteiger partial charge in [0.1, 0.15) is 0 Å². The van der Waals surface area contributed by atoms with Crippen LogP contribution in [0.15, 0.2) is 45.6 Å². The topological polar surface area (TPSA) is 0 Å². The first-order valence-electron chi connectivity index (χ1n) is 8.60. The van der Waals surface area contributed by atoms with Crippen molar-refractivity contribution < 1.29 is 68.9 Å². The predicted molar refractivity (Wildman–Crippen MR) is 99.9 cm³/mol. The van der Waals surface area contributed by atoms with Crippen LogP contribution in [0.3, 0.4) is 0 Å². The summed E-state index contributed by atoms with van der Waals surface area (Å²) >= 11 is -1.77. The molecule has 0 N–H and O–H groups in total. The van der Waals surface area contributed by atoms with Crippen LogP contribution in [-0.4, -0.2) is 5.92 Å². The molecule has 0 aliphatic heterocycles. The van der Waals surface area contributed by atoms with Crippen molar-refractivity contribution in [3.8, 4) is 0 Å². The molecule has 0 radical (unpaired) electrons. The summed E-state index contributed by atoms with van der Waals surface area (Å²) in [6, 6.07) is 0. The molecule has 0 bridgehead atoms. The maximum atomic E-state index is 2.66. The molecule has 0 fully saturated rings. The van der Waals surface area contributed by atoms with Crippen LogP contribution in [-0.2, 0) is 20.9 Å². The van der Waals surface area contributed by atoms with Crippen LogP contribution >= 0.6 is 0 Å². The molecule has 24 heavy (non-hydrogen) atoms. The second kappa shape index (κ2) is 8.68.